The largest absolute Gasteiger partial charge is 0.492 e. The smallest absolute Gasteiger partial charge is 0.137 e. The van der Waals surface area contributed by atoms with Crippen LogP contribution in [-0.2, 0) is 6.42 Å². The molecule has 0 aliphatic carbocycles. The highest BCUT2D eigenvalue weighted by atomic mass is 16.5. The summed E-state index contributed by atoms with van der Waals surface area (Å²) in [7, 11) is 0. The summed E-state index contributed by atoms with van der Waals surface area (Å²) in [5.74, 6) is 1.09. The maximum Gasteiger partial charge on any atom is 0.137 e. The molecule has 0 radical (unpaired) electrons. The Morgan fingerprint density at radius 3 is 2.93 bits per heavy atom. The molecule has 84 valence electrons. The molecule has 0 aromatic carbocycles. The fourth-order valence-corrected chi connectivity index (χ4v) is 1.34. The third-order valence-electron chi connectivity index (χ3n) is 2.14. The van der Waals surface area contributed by atoms with E-state index in [-0.39, 0.29) is 12.5 Å². The van der Waals surface area contributed by atoms with Gasteiger partial charge in [0.2, 0.25) is 0 Å². The Kier molecular flexibility index (Phi) is 5.12. The first-order valence-electron chi connectivity index (χ1n) is 5.43. The van der Waals surface area contributed by atoms with Gasteiger partial charge < -0.3 is 9.84 Å². The van der Waals surface area contributed by atoms with E-state index < -0.39 is 0 Å². The van der Waals surface area contributed by atoms with Crippen LogP contribution in [0.2, 0.25) is 0 Å². The zero-order valence-electron chi connectivity index (χ0n) is 9.44. The third kappa shape index (κ3) is 4.30. The van der Waals surface area contributed by atoms with E-state index >= 15 is 0 Å². The highest BCUT2D eigenvalue weighted by Crippen LogP contribution is 2.14. The second-order valence-corrected chi connectivity index (χ2v) is 3.87. The van der Waals surface area contributed by atoms with Gasteiger partial charge in [-0.05, 0) is 30.4 Å². The van der Waals surface area contributed by atoms with Gasteiger partial charge in [0, 0.05) is 12.8 Å². The van der Waals surface area contributed by atoms with Crippen LogP contribution in [0.1, 0.15) is 25.8 Å². The minimum Gasteiger partial charge on any atom is -0.492 e. The number of aromatic nitrogens is 1. The van der Waals surface area contributed by atoms with Crippen molar-refractivity contribution in [3.8, 4) is 5.75 Å². The Morgan fingerprint density at radius 2 is 2.27 bits per heavy atom. The van der Waals surface area contributed by atoms with Gasteiger partial charge in [-0.1, -0.05) is 13.8 Å². The lowest BCUT2D eigenvalue weighted by atomic mass is 10.0. The monoisotopic (exact) mass is 209 g/mol. The van der Waals surface area contributed by atoms with Crippen molar-refractivity contribution in [3.05, 3.63) is 24.0 Å². The summed E-state index contributed by atoms with van der Waals surface area (Å²) in [5.41, 5.74) is 1.12. The van der Waals surface area contributed by atoms with Crippen LogP contribution in [0, 0.1) is 5.92 Å². The van der Waals surface area contributed by atoms with Gasteiger partial charge in [-0.25, -0.2) is 0 Å². The van der Waals surface area contributed by atoms with E-state index in [1.807, 2.05) is 19.2 Å². The molecule has 3 heteroatoms. The SMILES string of the molecule is CCCOc1cncc(CC(C)CO)c1. The van der Waals surface area contributed by atoms with Crippen molar-refractivity contribution in [1.82, 2.24) is 4.98 Å². The van der Waals surface area contributed by atoms with Crippen molar-refractivity contribution in [1.29, 1.82) is 0 Å². The van der Waals surface area contributed by atoms with E-state index in [9.17, 15) is 0 Å². The maximum absolute atomic E-state index is 8.96. The molecule has 1 rings (SSSR count). The van der Waals surface area contributed by atoms with E-state index in [1.54, 1.807) is 6.20 Å². The van der Waals surface area contributed by atoms with Crippen molar-refractivity contribution in [3.63, 3.8) is 0 Å². The number of pyridine rings is 1. The highest BCUT2D eigenvalue weighted by Gasteiger charge is 2.03. The van der Waals surface area contributed by atoms with Gasteiger partial charge in [-0.15, -0.1) is 0 Å². The Bertz CT molecular complexity index is 289. The predicted octanol–water partition coefficient (Wildman–Crippen LogP) is 2.04. The molecule has 0 fully saturated rings. The van der Waals surface area contributed by atoms with E-state index in [0.717, 1.165) is 30.8 Å². The summed E-state index contributed by atoms with van der Waals surface area (Å²) in [6, 6.07) is 1.99. The average molecular weight is 209 g/mol. The van der Waals surface area contributed by atoms with Crippen molar-refractivity contribution in [2.24, 2.45) is 5.92 Å². The zero-order valence-corrected chi connectivity index (χ0v) is 9.44. The minimum atomic E-state index is 0.208. The van der Waals surface area contributed by atoms with E-state index in [2.05, 4.69) is 11.9 Å². The van der Waals surface area contributed by atoms with Crippen LogP contribution in [0.3, 0.4) is 0 Å². The van der Waals surface area contributed by atoms with E-state index in [0.29, 0.717) is 0 Å². The van der Waals surface area contributed by atoms with E-state index in [4.69, 9.17) is 9.84 Å². The molecule has 1 heterocycles. The highest BCUT2D eigenvalue weighted by molar-refractivity contribution is 5.23. The van der Waals surface area contributed by atoms with E-state index in [1.165, 1.54) is 0 Å². The average Bonchev–Trinajstić information content (AvgIpc) is 2.26. The predicted molar refractivity (Wildman–Crippen MR) is 60.0 cm³/mol. The van der Waals surface area contributed by atoms with Crippen LogP contribution in [-0.4, -0.2) is 23.3 Å². The van der Waals surface area contributed by atoms with Crippen molar-refractivity contribution in [2.45, 2.75) is 26.7 Å². The first-order valence-corrected chi connectivity index (χ1v) is 5.43. The number of nitrogens with zero attached hydrogens (tertiary/aromatic N) is 1. The quantitative estimate of drug-likeness (QED) is 0.779. The number of aliphatic hydroxyl groups is 1. The molecule has 1 unspecified atom stereocenters. The molecule has 0 saturated heterocycles. The number of rotatable bonds is 6. The lowest BCUT2D eigenvalue weighted by molar-refractivity contribution is 0.236. The summed E-state index contributed by atoms with van der Waals surface area (Å²) >= 11 is 0. The summed E-state index contributed by atoms with van der Waals surface area (Å²) < 4.78 is 5.49. The molecule has 0 spiro atoms. The van der Waals surface area contributed by atoms with Gasteiger partial charge in [0.1, 0.15) is 5.75 Å². The van der Waals surface area contributed by atoms with Gasteiger partial charge in [0.15, 0.2) is 0 Å². The van der Waals surface area contributed by atoms with Crippen LogP contribution in [0.5, 0.6) is 5.75 Å². The van der Waals surface area contributed by atoms with Gasteiger partial charge in [-0.3, -0.25) is 4.98 Å². The van der Waals surface area contributed by atoms with Crippen molar-refractivity contribution >= 4 is 0 Å². The zero-order chi connectivity index (χ0) is 11.1. The molecule has 3 nitrogen and oxygen atoms in total. The first-order chi connectivity index (χ1) is 7.26. The first kappa shape index (κ1) is 12.0. The Labute approximate surface area is 91.1 Å². The normalized spacial score (nSPS) is 12.5. The number of hydrogen-bond acceptors (Lipinski definition) is 3. The molecule has 15 heavy (non-hydrogen) atoms. The summed E-state index contributed by atoms with van der Waals surface area (Å²) in [6.45, 7) is 5.02. The summed E-state index contributed by atoms with van der Waals surface area (Å²) in [5, 5.41) is 8.96. The second-order valence-electron chi connectivity index (χ2n) is 3.87. The summed E-state index contributed by atoms with van der Waals surface area (Å²) in [6.07, 6.45) is 5.39. The Balaban J connectivity index is 2.57. The molecule has 1 atom stereocenters. The van der Waals surface area contributed by atoms with Crippen molar-refractivity contribution < 1.29 is 9.84 Å². The van der Waals surface area contributed by atoms with Gasteiger partial charge in [-0.2, -0.15) is 0 Å². The van der Waals surface area contributed by atoms with Crippen LogP contribution in [0.25, 0.3) is 0 Å². The molecule has 0 aliphatic rings. The molecular formula is C12H19NO2. The molecule has 1 N–H and O–H groups in total. The molecular weight excluding hydrogens is 190 g/mol. The fourth-order valence-electron chi connectivity index (χ4n) is 1.34. The molecule has 0 amide bonds. The van der Waals surface area contributed by atoms with Crippen LogP contribution >= 0.6 is 0 Å². The minimum absolute atomic E-state index is 0.208. The number of aliphatic hydroxyl groups excluding tert-OH is 1. The Morgan fingerprint density at radius 1 is 1.47 bits per heavy atom. The second kappa shape index (κ2) is 6.40. The third-order valence-corrected chi connectivity index (χ3v) is 2.14. The summed E-state index contributed by atoms with van der Waals surface area (Å²) in [4.78, 5) is 4.12. The number of hydrogen-bond donors (Lipinski definition) is 1. The fraction of sp³-hybridized carbons (Fsp3) is 0.583. The lowest BCUT2D eigenvalue weighted by Gasteiger charge is -2.09. The van der Waals surface area contributed by atoms with Gasteiger partial charge >= 0.3 is 0 Å². The van der Waals surface area contributed by atoms with Crippen LogP contribution in [0.15, 0.2) is 18.5 Å². The van der Waals surface area contributed by atoms with Crippen LogP contribution in [0.4, 0.5) is 0 Å². The lowest BCUT2D eigenvalue weighted by Crippen LogP contribution is -2.05. The van der Waals surface area contributed by atoms with Crippen LogP contribution < -0.4 is 4.74 Å². The van der Waals surface area contributed by atoms with Gasteiger partial charge in [0.05, 0.1) is 12.8 Å². The topological polar surface area (TPSA) is 42.4 Å². The number of ether oxygens (including phenoxy) is 1. The van der Waals surface area contributed by atoms with Crippen molar-refractivity contribution in [2.75, 3.05) is 13.2 Å². The maximum atomic E-state index is 8.96. The van der Waals surface area contributed by atoms with Gasteiger partial charge in [0.25, 0.3) is 0 Å². The molecule has 0 aliphatic heterocycles. The molecule has 0 saturated carbocycles. The molecule has 0 bridgehead atoms. The molecule has 1 aromatic rings. The molecule has 1 aromatic heterocycles. The Hall–Kier alpha value is -1.09. The standard InChI is InChI=1S/C12H19NO2/c1-3-4-15-12-6-11(7-13-8-12)5-10(2)9-14/h6-8,10,14H,3-5,9H2,1-2H3.